The maximum absolute atomic E-state index is 11.8. The maximum Gasteiger partial charge on any atom is 0.251 e. The largest absolute Gasteiger partial charge is 0.507 e. The zero-order valence-corrected chi connectivity index (χ0v) is 12.5. The molecule has 1 atom stereocenters. The fourth-order valence-electron chi connectivity index (χ4n) is 1.42. The Morgan fingerprint density at radius 3 is 2.88 bits per heavy atom. The van der Waals surface area contributed by atoms with Gasteiger partial charge < -0.3 is 10.4 Å². The summed E-state index contributed by atoms with van der Waals surface area (Å²) < 4.78 is 0.731. The third-order valence-electron chi connectivity index (χ3n) is 2.36. The lowest BCUT2D eigenvalue weighted by molar-refractivity contribution is 0.0938. The Morgan fingerprint density at radius 2 is 2.29 bits per heavy atom. The van der Waals surface area contributed by atoms with Crippen LogP contribution in [0.1, 0.15) is 30.1 Å². The molecule has 1 amide bonds. The standard InChI is InChI=1S/C12H15ClINO2/c1-8(3-2-6-13)15-12(17)9-4-5-10(14)11(16)7-9/h4-5,7-8,16H,2-3,6H2,1H3,(H,15,17). The van der Waals surface area contributed by atoms with Gasteiger partial charge in [0.15, 0.2) is 0 Å². The van der Waals surface area contributed by atoms with Gasteiger partial charge in [-0.1, -0.05) is 0 Å². The Hall–Kier alpha value is -0.490. The molecule has 3 nitrogen and oxygen atoms in total. The maximum atomic E-state index is 11.8. The highest BCUT2D eigenvalue weighted by Gasteiger charge is 2.11. The number of rotatable bonds is 5. The lowest BCUT2D eigenvalue weighted by Gasteiger charge is -2.13. The highest BCUT2D eigenvalue weighted by atomic mass is 127. The molecule has 0 aliphatic carbocycles. The van der Waals surface area contributed by atoms with Crippen molar-refractivity contribution in [3.05, 3.63) is 27.3 Å². The minimum Gasteiger partial charge on any atom is -0.507 e. The number of hydrogen-bond donors (Lipinski definition) is 2. The summed E-state index contributed by atoms with van der Waals surface area (Å²) in [5.41, 5.74) is 0.473. The van der Waals surface area contributed by atoms with Crippen LogP contribution in [0, 0.1) is 3.57 Å². The summed E-state index contributed by atoms with van der Waals surface area (Å²) in [7, 11) is 0. The van der Waals surface area contributed by atoms with Crippen LogP contribution in [0.4, 0.5) is 0 Å². The zero-order valence-electron chi connectivity index (χ0n) is 9.54. The van der Waals surface area contributed by atoms with Gasteiger partial charge in [0.05, 0.1) is 3.57 Å². The minimum atomic E-state index is -0.168. The molecule has 1 aromatic carbocycles. The predicted octanol–water partition coefficient (Wildman–Crippen LogP) is 3.13. The monoisotopic (exact) mass is 367 g/mol. The summed E-state index contributed by atoms with van der Waals surface area (Å²) in [6.45, 7) is 1.94. The Morgan fingerprint density at radius 1 is 1.59 bits per heavy atom. The molecule has 0 heterocycles. The van der Waals surface area contributed by atoms with E-state index in [-0.39, 0.29) is 17.7 Å². The minimum absolute atomic E-state index is 0.0858. The van der Waals surface area contributed by atoms with Gasteiger partial charge in [0.1, 0.15) is 5.75 Å². The van der Waals surface area contributed by atoms with Gasteiger partial charge in [0.25, 0.3) is 5.91 Å². The van der Waals surface area contributed by atoms with Crippen LogP contribution >= 0.6 is 34.2 Å². The van der Waals surface area contributed by atoms with Gasteiger partial charge >= 0.3 is 0 Å². The first-order chi connectivity index (χ1) is 8.04. The van der Waals surface area contributed by atoms with Crippen LogP contribution in [-0.4, -0.2) is 22.9 Å². The van der Waals surface area contributed by atoms with Crippen molar-refractivity contribution in [1.82, 2.24) is 5.32 Å². The van der Waals surface area contributed by atoms with Gasteiger partial charge in [-0.05, 0) is 60.6 Å². The summed E-state index contributed by atoms with van der Waals surface area (Å²) in [6.07, 6.45) is 1.73. The molecule has 1 aromatic rings. The Labute approximate surface area is 120 Å². The molecule has 0 fully saturated rings. The Balaban J connectivity index is 2.60. The number of hydrogen-bond acceptors (Lipinski definition) is 2. The predicted molar refractivity (Wildman–Crippen MR) is 77.7 cm³/mol. The third-order valence-corrected chi connectivity index (χ3v) is 3.54. The zero-order chi connectivity index (χ0) is 12.8. The molecule has 1 unspecified atom stereocenters. The molecule has 0 saturated carbocycles. The molecule has 2 N–H and O–H groups in total. The lowest BCUT2D eigenvalue weighted by atomic mass is 10.1. The lowest BCUT2D eigenvalue weighted by Crippen LogP contribution is -2.32. The second kappa shape index (κ2) is 7.06. The van der Waals surface area contributed by atoms with Crippen LogP contribution in [0.3, 0.4) is 0 Å². The van der Waals surface area contributed by atoms with Gasteiger partial charge in [-0.3, -0.25) is 4.79 Å². The third kappa shape index (κ3) is 4.71. The number of alkyl halides is 1. The van der Waals surface area contributed by atoms with E-state index >= 15 is 0 Å². The molecule has 0 aromatic heterocycles. The topological polar surface area (TPSA) is 49.3 Å². The Bertz CT molecular complexity index is 398. The molecule has 94 valence electrons. The average molecular weight is 368 g/mol. The number of benzene rings is 1. The van der Waals surface area contributed by atoms with E-state index in [0.29, 0.717) is 11.4 Å². The smallest absolute Gasteiger partial charge is 0.251 e. The van der Waals surface area contributed by atoms with Crippen LogP contribution in [0.15, 0.2) is 18.2 Å². The molecule has 0 aliphatic rings. The van der Waals surface area contributed by atoms with Crippen LogP contribution in [0.2, 0.25) is 0 Å². The molecule has 0 aliphatic heterocycles. The molecule has 0 spiro atoms. The van der Waals surface area contributed by atoms with Gasteiger partial charge in [0, 0.05) is 17.5 Å². The quantitative estimate of drug-likeness (QED) is 0.620. The fraction of sp³-hybridized carbons (Fsp3) is 0.417. The number of carbonyl (C=O) groups is 1. The summed E-state index contributed by atoms with van der Waals surface area (Å²) in [4.78, 5) is 11.8. The van der Waals surface area contributed by atoms with Gasteiger partial charge in [-0.15, -0.1) is 11.6 Å². The van der Waals surface area contributed by atoms with E-state index < -0.39 is 0 Å². The van der Waals surface area contributed by atoms with Gasteiger partial charge in [0.2, 0.25) is 0 Å². The number of halogens is 2. The summed E-state index contributed by atoms with van der Waals surface area (Å²) in [6, 6.07) is 4.98. The molecule has 0 saturated heterocycles. The van der Waals surface area contributed by atoms with Gasteiger partial charge in [-0.25, -0.2) is 0 Å². The van der Waals surface area contributed by atoms with Crippen LogP contribution in [0.5, 0.6) is 5.75 Å². The summed E-state index contributed by atoms with van der Waals surface area (Å²) in [5, 5.41) is 12.4. The van der Waals surface area contributed by atoms with E-state index in [1.165, 1.54) is 6.07 Å². The Kier molecular flexibility index (Phi) is 6.05. The number of phenols is 1. The van der Waals surface area contributed by atoms with Crippen molar-refractivity contribution in [3.8, 4) is 5.75 Å². The first-order valence-corrected chi connectivity index (χ1v) is 7.01. The highest BCUT2D eigenvalue weighted by molar-refractivity contribution is 14.1. The summed E-state index contributed by atoms with van der Waals surface area (Å²) >= 11 is 7.60. The normalized spacial score (nSPS) is 12.2. The number of amides is 1. The fourth-order valence-corrected chi connectivity index (χ4v) is 1.91. The van der Waals surface area contributed by atoms with E-state index in [4.69, 9.17) is 11.6 Å². The second-order valence-electron chi connectivity index (χ2n) is 3.87. The molecule has 17 heavy (non-hydrogen) atoms. The van der Waals surface area contributed by atoms with E-state index in [0.717, 1.165) is 16.4 Å². The van der Waals surface area contributed by atoms with Crippen LogP contribution in [0.25, 0.3) is 0 Å². The SMILES string of the molecule is CC(CCCCl)NC(=O)c1ccc(I)c(O)c1. The first kappa shape index (κ1) is 14.6. The first-order valence-electron chi connectivity index (χ1n) is 5.40. The number of nitrogens with one attached hydrogen (secondary N) is 1. The molecule has 0 bridgehead atoms. The summed E-state index contributed by atoms with van der Waals surface area (Å²) in [5.74, 6) is 0.565. The van der Waals surface area contributed by atoms with Crippen molar-refractivity contribution >= 4 is 40.1 Å². The van der Waals surface area contributed by atoms with Crippen molar-refractivity contribution in [1.29, 1.82) is 0 Å². The van der Waals surface area contributed by atoms with Crippen molar-refractivity contribution < 1.29 is 9.90 Å². The average Bonchev–Trinajstić information content (AvgIpc) is 2.30. The van der Waals surface area contributed by atoms with E-state index in [1.54, 1.807) is 12.1 Å². The van der Waals surface area contributed by atoms with Crippen molar-refractivity contribution in [3.63, 3.8) is 0 Å². The van der Waals surface area contributed by atoms with Crippen molar-refractivity contribution in [2.75, 3.05) is 5.88 Å². The van der Waals surface area contributed by atoms with Gasteiger partial charge in [-0.2, -0.15) is 0 Å². The van der Waals surface area contributed by atoms with E-state index in [1.807, 2.05) is 29.5 Å². The molecule has 0 radical (unpaired) electrons. The van der Waals surface area contributed by atoms with Crippen LogP contribution < -0.4 is 5.32 Å². The highest BCUT2D eigenvalue weighted by Crippen LogP contribution is 2.20. The number of phenolic OH excluding ortho intramolecular Hbond substituents is 1. The number of carbonyl (C=O) groups excluding carboxylic acids is 1. The van der Waals surface area contributed by atoms with Crippen molar-refractivity contribution in [2.45, 2.75) is 25.8 Å². The van der Waals surface area contributed by atoms with E-state index in [2.05, 4.69) is 5.32 Å². The van der Waals surface area contributed by atoms with Crippen LogP contribution in [-0.2, 0) is 0 Å². The molecule has 1 rings (SSSR count). The van der Waals surface area contributed by atoms with Crippen molar-refractivity contribution in [2.24, 2.45) is 0 Å². The molecular formula is C12H15ClINO2. The molecule has 5 heteroatoms. The number of aromatic hydroxyl groups is 1. The second-order valence-corrected chi connectivity index (χ2v) is 5.41. The van der Waals surface area contributed by atoms with E-state index in [9.17, 15) is 9.90 Å². The molecular weight excluding hydrogens is 352 g/mol.